The molecule has 6 amide bonds. The molecule has 0 spiro atoms. The molecule has 36 heavy (non-hydrogen) atoms. The summed E-state index contributed by atoms with van der Waals surface area (Å²) in [6, 6.07) is 0. The van der Waals surface area contributed by atoms with Crippen LogP contribution in [0.2, 0.25) is 0 Å². The second-order valence-electron chi connectivity index (χ2n) is 8.58. The van der Waals surface area contributed by atoms with E-state index in [1.54, 1.807) is 18.9 Å². The van der Waals surface area contributed by atoms with Crippen molar-refractivity contribution in [2.75, 3.05) is 40.3 Å². The van der Waals surface area contributed by atoms with Crippen LogP contribution in [0.3, 0.4) is 0 Å². The van der Waals surface area contributed by atoms with Gasteiger partial charge in [0.15, 0.2) is 0 Å². The molecule has 4 fully saturated rings. The minimum absolute atomic E-state index is 0.102. The number of amides is 6. The van der Waals surface area contributed by atoms with Gasteiger partial charge in [-0.25, -0.2) is 0 Å². The molecule has 4 heterocycles. The summed E-state index contributed by atoms with van der Waals surface area (Å²) in [7, 11) is 3.25. The number of hydrogen-bond acceptors (Lipinski definition) is 6. The molecule has 0 aliphatic carbocycles. The first kappa shape index (κ1) is 30.2. The van der Waals surface area contributed by atoms with E-state index in [0.717, 1.165) is 48.5 Å². The highest BCUT2D eigenvalue weighted by Gasteiger charge is 2.30. The maximum absolute atomic E-state index is 11.0. The van der Waals surface area contributed by atoms with Gasteiger partial charge in [-0.05, 0) is 26.7 Å². The van der Waals surface area contributed by atoms with Crippen LogP contribution < -0.4 is 0 Å². The Morgan fingerprint density at radius 3 is 1.28 bits per heavy atom. The zero-order valence-corrected chi connectivity index (χ0v) is 21.7. The molecule has 196 valence electrons. The molecule has 10 heteroatoms. The summed E-state index contributed by atoms with van der Waals surface area (Å²) in [4.78, 5) is 70.7. The van der Waals surface area contributed by atoms with Crippen molar-refractivity contribution >= 4 is 35.4 Å². The Morgan fingerprint density at radius 1 is 0.611 bits per heavy atom. The summed E-state index contributed by atoms with van der Waals surface area (Å²) in [5.41, 5.74) is 2.30. The second-order valence-corrected chi connectivity index (χ2v) is 8.58. The standard InChI is InChI=1S/C7H9NO2.C7H11NO.C6H7NO2.C6H9NO/c1-3-8-6(9)4-5(2)7(8)10;1-3-8-5-4-6(2)7(8)9;1-4-3-5(8)7(2)6(4)9;1-5-3-4-7(2)6(5)8/h2-4H2,1H3;2-5H2,1H3;1,3H2,2H3;1,3-4H2,2H3. The molecule has 4 saturated heterocycles. The van der Waals surface area contributed by atoms with Gasteiger partial charge >= 0.3 is 0 Å². The molecular formula is C26H36N4O6. The topological polar surface area (TPSA) is 115 Å². The monoisotopic (exact) mass is 500 g/mol. The molecule has 4 rings (SSSR count). The first-order valence-corrected chi connectivity index (χ1v) is 11.7. The number of likely N-dealkylation sites (N-methyl/N-ethyl adjacent to an activating group) is 4. The number of nitrogens with zero attached hydrogens (tertiary/aromatic N) is 4. The highest BCUT2D eigenvalue weighted by molar-refractivity contribution is 6.13. The van der Waals surface area contributed by atoms with Crippen molar-refractivity contribution in [3.63, 3.8) is 0 Å². The van der Waals surface area contributed by atoms with E-state index in [1.807, 2.05) is 11.8 Å². The lowest BCUT2D eigenvalue weighted by atomic mass is 10.3. The van der Waals surface area contributed by atoms with Crippen molar-refractivity contribution < 1.29 is 28.8 Å². The van der Waals surface area contributed by atoms with Crippen LogP contribution in [-0.4, -0.2) is 95.3 Å². The lowest BCUT2D eigenvalue weighted by Gasteiger charge is -2.09. The Kier molecular flexibility index (Phi) is 11.2. The number of hydrogen-bond donors (Lipinski definition) is 0. The van der Waals surface area contributed by atoms with E-state index in [-0.39, 0.29) is 48.3 Å². The van der Waals surface area contributed by atoms with Gasteiger partial charge in [-0.15, -0.1) is 0 Å². The SMILES string of the molecule is C=C1CC(=O)N(C)C1=O.C=C1CC(=O)N(CC)C1=O.C=C1CCN(C)C1=O.C=C1CCN(CC)C1=O. The summed E-state index contributed by atoms with van der Waals surface area (Å²) in [6.07, 6.45) is 2.09. The van der Waals surface area contributed by atoms with Crippen LogP contribution in [0.4, 0.5) is 0 Å². The third-order valence-electron chi connectivity index (χ3n) is 5.93. The van der Waals surface area contributed by atoms with Gasteiger partial charge in [-0.2, -0.15) is 0 Å². The van der Waals surface area contributed by atoms with E-state index >= 15 is 0 Å². The summed E-state index contributed by atoms with van der Waals surface area (Å²) < 4.78 is 0. The van der Waals surface area contributed by atoms with E-state index in [4.69, 9.17) is 0 Å². The number of likely N-dealkylation sites (tertiary alicyclic amines) is 4. The molecule has 0 aromatic heterocycles. The number of carbonyl (C=O) groups excluding carboxylic acids is 6. The molecule has 4 aliphatic heterocycles. The van der Waals surface area contributed by atoms with Crippen LogP contribution in [0.1, 0.15) is 39.5 Å². The average molecular weight is 501 g/mol. The predicted molar refractivity (Wildman–Crippen MR) is 135 cm³/mol. The Balaban J connectivity index is 0.000000241. The smallest absolute Gasteiger partial charge is 0.256 e. The molecule has 0 bridgehead atoms. The Bertz CT molecular complexity index is 1010. The van der Waals surface area contributed by atoms with Crippen molar-refractivity contribution in [3.8, 4) is 0 Å². The van der Waals surface area contributed by atoms with E-state index in [1.165, 1.54) is 11.9 Å². The Morgan fingerprint density at radius 2 is 1.11 bits per heavy atom. The quantitative estimate of drug-likeness (QED) is 0.419. The minimum Gasteiger partial charge on any atom is -0.342 e. The van der Waals surface area contributed by atoms with Crippen LogP contribution >= 0.6 is 0 Å². The van der Waals surface area contributed by atoms with Crippen LogP contribution in [0, 0.1) is 0 Å². The molecule has 0 aromatic rings. The third-order valence-corrected chi connectivity index (χ3v) is 5.93. The van der Waals surface area contributed by atoms with Gasteiger partial charge in [0.05, 0.1) is 12.8 Å². The molecule has 0 atom stereocenters. The number of carbonyl (C=O) groups is 6. The molecule has 0 saturated carbocycles. The Hall–Kier alpha value is -3.82. The summed E-state index contributed by atoms with van der Waals surface area (Å²) in [5, 5.41) is 0. The maximum Gasteiger partial charge on any atom is 0.256 e. The normalized spacial score (nSPS) is 19.6. The van der Waals surface area contributed by atoms with E-state index in [9.17, 15) is 28.8 Å². The highest BCUT2D eigenvalue weighted by atomic mass is 16.2. The van der Waals surface area contributed by atoms with Gasteiger partial charge in [0.1, 0.15) is 0 Å². The lowest BCUT2D eigenvalue weighted by Crippen LogP contribution is -2.28. The molecular weight excluding hydrogens is 464 g/mol. The summed E-state index contributed by atoms with van der Waals surface area (Å²) >= 11 is 0. The van der Waals surface area contributed by atoms with Crippen LogP contribution in [0.25, 0.3) is 0 Å². The van der Waals surface area contributed by atoms with Crippen molar-refractivity contribution in [3.05, 3.63) is 48.6 Å². The van der Waals surface area contributed by atoms with Crippen molar-refractivity contribution in [1.29, 1.82) is 0 Å². The first-order chi connectivity index (χ1) is 16.8. The number of imide groups is 2. The maximum atomic E-state index is 11.0. The minimum atomic E-state index is -0.250. The van der Waals surface area contributed by atoms with Crippen LogP contribution in [0.5, 0.6) is 0 Å². The third kappa shape index (κ3) is 7.59. The molecule has 4 aliphatic rings. The van der Waals surface area contributed by atoms with Gasteiger partial charge in [0.25, 0.3) is 11.8 Å². The van der Waals surface area contributed by atoms with Crippen molar-refractivity contribution in [1.82, 2.24) is 19.6 Å². The molecule has 0 radical (unpaired) electrons. The van der Waals surface area contributed by atoms with Crippen LogP contribution in [-0.2, 0) is 28.8 Å². The van der Waals surface area contributed by atoms with Gasteiger partial charge < -0.3 is 9.80 Å². The van der Waals surface area contributed by atoms with Crippen LogP contribution in [0.15, 0.2) is 48.6 Å². The Labute approximate surface area is 212 Å². The zero-order chi connectivity index (χ0) is 27.7. The highest BCUT2D eigenvalue weighted by Crippen LogP contribution is 2.16. The van der Waals surface area contributed by atoms with E-state index in [2.05, 4.69) is 26.3 Å². The number of rotatable bonds is 2. The van der Waals surface area contributed by atoms with Crippen molar-refractivity contribution in [2.45, 2.75) is 39.5 Å². The summed E-state index contributed by atoms with van der Waals surface area (Å²) in [6.45, 7) is 20.9. The molecule has 0 aromatic carbocycles. The fourth-order valence-electron chi connectivity index (χ4n) is 3.49. The molecule has 0 N–H and O–H groups in total. The van der Waals surface area contributed by atoms with Gasteiger partial charge in [0, 0.05) is 62.6 Å². The van der Waals surface area contributed by atoms with Gasteiger partial charge in [0.2, 0.25) is 23.6 Å². The molecule has 10 nitrogen and oxygen atoms in total. The lowest BCUT2D eigenvalue weighted by molar-refractivity contribution is -0.138. The second kappa shape index (κ2) is 13.3. The zero-order valence-electron chi connectivity index (χ0n) is 21.7. The van der Waals surface area contributed by atoms with Crippen molar-refractivity contribution in [2.24, 2.45) is 0 Å². The summed E-state index contributed by atoms with van der Waals surface area (Å²) in [5.74, 6) is -0.516. The molecule has 0 unspecified atom stereocenters. The van der Waals surface area contributed by atoms with Gasteiger partial charge in [-0.3, -0.25) is 38.6 Å². The average Bonchev–Trinajstić information content (AvgIpc) is 3.48. The van der Waals surface area contributed by atoms with E-state index < -0.39 is 0 Å². The predicted octanol–water partition coefficient (Wildman–Crippen LogP) is 1.45. The fourth-order valence-corrected chi connectivity index (χ4v) is 3.49. The van der Waals surface area contributed by atoms with Gasteiger partial charge in [-0.1, -0.05) is 26.3 Å². The van der Waals surface area contributed by atoms with E-state index in [0.29, 0.717) is 17.7 Å². The largest absolute Gasteiger partial charge is 0.342 e. The first-order valence-electron chi connectivity index (χ1n) is 11.7. The fraction of sp³-hybridized carbons (Fsp3) is 0.462.